The molecule has 0 aliphatic carbocycles. The van der Waals surface area contributed by atoms with Crippen molar-refractivity contribution in [3.05, 3.63) is 23.8 Å². The normalized spacial score (nSPS) is 17.9. The van der Waals surface area contributed by atoms with Gasteiger partial charge >= 0.3 is 0 Å². The molecule has 0 saturated carbocycles. The fourth-order valence-electron chi connectivity index (χ4n) is 1.52. The molecular formula is C12H16O5. The molecule has 94 valence electrons. The molecule has 0 radical (unpaired) electrons. The van der Waals surface area contributed by atoms with Crippen molar-refractivity contribution in [2.75, 3.05) is 34.4 Å². The van der Waals surface area contributed by atoms with Crippen molar-refractivity contribution in [2.45, 2.75) is 6.10 Å². The molecule has 0 N–H and O–H groups in total. The zero-order valence-corrected chi connectivity index (χ0v) is 9.97. The van der Waals surface area contributed by atoms with Gasteiger partial charge in [0.2, 0.25) is 0 Å². The van der Waals surface area contributed by atoms with E-state index in [9.17, 15) is 0 Å². The summed E-state index contributed by atoms with van der Waals surface area (Å²) >= 11 is 0. The maximum atomic E-state index is 5.53. The van der Waals surface area contributed by atoms with Gasteiger partial charge in [0.05, 0.1) is 6.61 Å². The van der Waals surface area contributed by atoms with Crippen LogP contribution in [0, 0.1) is 0 Å². The molecular weight excluding hydrogens is 224 g/mol. The maximum Gasteiger partial charge on any atom is 0.188 e. The van der Waals surface area contributed by atoms with E-state index in [0.29, 0.717) is 11.5 Å². The Labute approximate surface area is 100 Å². The Hall–Kier alpha value is -1.30. The van der Waals surface area contributed by atoms with E-state index >= 15 is 0 Å². The lowest BCUT2D eigenvalue weighted by Gasteiger charge is -2.14. The standard InChI is InChI=1S/C12H16O5/c1-13-7-16-10-5-3-4-9(11-6-15-11)12(10)17-8-14-2/h3-5,11H,6-8H2,1-2H3. The zero-order valence-electron chi connectivity index (χ0n) is 9.97. The molecule has 2 rings (SSSR count). The van der Waals surface area contributed by atoms with E-state index in [1.807, 2.05) is 18.2 Å². The lowest BCUT2D eigenvalue weighted by Crippen LogP contribution is -2.06. The molecule has 0 amide bonds. The second-order valence-electron chi connectivity index (χ2n) is 3.60. The van der Waals surface area contributed by atoms with E-state index in [1.54, 1.807) is 14.2 Å². The van der Waals surface area contributed by atoms with E-state index in [4.69, 9.17) is 23.7 Å². The first-order chi connectivity index (χ1) is 8.36. The van der Waals surface area contributed by atoms with E-state index in [0.717, 1.165) is 12.2 Å². The van der Waals surface area contributed by atoms with Crippen molar-refractivity contribution in [3.8, 4) is 11.5 Å². The van der Waals surface area contributed by atoms with Gasteiger partial charge in [-0.25, -0.2) is 0 Å². The Morgan fingerprint density at radius 3 is 2.53 bits per heavy atom. The number of para-hydroxylation sites is 1. The highest BCUT2D eigenvalue weighted by Gasteiger charge is 2.29. The summed E-state index contributed by atoms with van der Waals surface area (Å²) < 4.78 is 26.0. The Kier molecular flexibility index (Phi) is 4.19. The second-order valence-corrected chi connectivity index (χ2v) is 3.60. The molecule has 1 aliphatic heterocycles. The van der Waals surface area contributed by atoms with Crippen molar-refractivity contribution in [2.24, 2.45) is 0 Å². The van der Waals surface area contributed by atoms with Gasteiger partial charge in [-0.15, -0.1) is 0 Å². The lowest BCUT2D eigenvalue weighted by molar-refractivity contribution is 0.0315. The molecule has 0 bridgehead atoms. The van der Waals surface area contributed by atoms with Gasteiger partial charge in [0.25, 0.3) is 0 Å². The smallest absolute Gasteiger partial charge is 0.188 e. The molecule has 1 aromatic rings. The topological polar surface area (TPSA) is 49.5 Å². The SMILES string of the molecule is COCOc1cccc(C2CO2)c1OCOC. The summed E-state index contributed by atoms with van der Waals surface area (Å²) in [5.74, 6) is 1.30. The number of benzene rings is 1. The van der Waals surface area contributed by atoms with Crippen LogP contribution in [0.15, 0.2) is 18.2 Å². The average Bonchev–Trinajstić information content (AvgIpc) is 3.18. The minimum absolute atomic E-state index is 0.105. The van der Waals surface area contributed by atoms with Gasteiger partial charge in [-0.1, -0.05) is 12.1 Å². The van der Waals surface area contributed by atoms with Gasteiger partial charge in [-0.3, -0.25) is 0 Å². The second kappa shape index (κ2) is 5.86. The molecule has 0 spiro atoms. The first-order valence-corrected chi connectivity index (χ1v) is 5.34. The van der Waals surface area contributed by atoms with Crippen molar-refractivity contribution in [1.82, 2.24) is 0 Å². The van der Waals surface area contributed by atoms with Gasteiger partial charge in [-0.2, -0.15) is 0 Å². The molecule has 1 unspecified atom stereocenters. The van der Waals surface area contributed by atoms with Gasteiger partial charge in [0.1, 0.15) is 6.10 Å². The number of hydrogen-bond acceptors (Lipinski definition) is 5. The number of methoxy groups -OCH3 is 2. The first-order valence-electron chi connectivity index (χ1n) is 5.34. The summed E-state index contributed by atoms with van der Waals surface area (Å²) in [5.41, 5.74) is 0.982. The van der Waals surface area contributed by atoms with E-state index in [2.05, 4.69) is 0 Å². The average molecular weight is 240 g/mol. The Bertz CT molecular complexity index is 362. The van der Waals surface area contributed by atoms with Crippen LogP contribution < -0.4 is 9.47 Å². The largest absolute Gasteiger partial charge is 0.464 e. The molecule has 1 aliphatic rings. The molecule has 1 aromatic carbocycles. The minimum Gasteiger partial charge on any atom is -0.464 e. The van der Waals surface area contributed by atoms with Crippen LogP contribution in [0.25, 0.3) is 0 Å². The monoisotopic (exact) mass is 240 g/mol. The predicted molar refractivity (Wildman–Crippen MR) is 60.1 cm³/mol. The number of hydrogen-bond donors (Lipinski definition) is 0. The van der Waals surface area contributed by atoms with Gasteiger partial charge in [0, 0.05) is 19.8 Å². The summed E-state index contributed by atoms with van der Waals surface area (Å²) in [5, 5.41) is 0. The van der Waals surface area contributed by atoms with E-state index in [1.165, 1.54) is 0 Å². The molecule has 1 atom stereocenters. The number of ether oxygens (including phenoxy) is 5. The van der Waals surface area contributed by atoms with Crippen LogP contribution in [0.1, 0.15) is 11.7 Å². The zero-order chi connectivity index (χ0) is 12.1. The maximum absolute atomic E-state index is 5.53. The third-order valence-corrected chi connectivity index (χ3v) is 2.34. The highest BCUT2D eigenvalue weighted by Crippen LogP contribution is 2.41. The highest BCUT2D eigenvalue weighted by molar-refractivity contribution is 5.48. The van der Waals surface area contributed by atoms with Crippen molar-refractivity contribution in [3.63, 3.8) is 0 Å². The Morgan fingerprint density at radius 2 is 1.88 bits per heavy atom. The number of epoxide rings is 1. The first kappa shape index (κ1) is 12.2. The Morgan fingerprint density at radius 1 is 1.18 bits per heavy atom. The highest BCUT2D eigenvalue weighted by atomic mass is 16.7. The van der Waals surface area contributed by atoms with Gasteiger partial charge in [-0.05, 0) is 6.07 Å². The van der Waals surface area contributed by atoms with Crippen LogP contribution >= 0.6 is 0 Å². The fraction of sp³-hybridized carbons (Fsp3) is 0.500. The summed E-state index contributed by atoms with van der Waals surface area (Å²) in [6, 6.07) is 5.69. The van der Waals surface area contributed by atoms with E-state index in [-0.39, 0.29) is 19.7 Å². The molecule has 5 heteroatoms. The van der Waals surface area contributed by atoms with Crippen LogP contribution in [0.5, 0.6) is 11.5 Å². The van der Waals surface area contributed by atoms with Gasteiger partial charge < -0.3 is 23.7 Å². The predicted octanol–water partition coefficient (Wildman–Crippen LogP) is 1.72. The van der Waals surface area contributed by atoms with Crippen LogP contribution in [-0.2, 0) is 14.2 Å². The minimum atomic E-state index is 0.105. The van der Waals surface area contributed by atoms with Crippen LogP contribution in [0.2, 0.25) is 0 Å². The van der Waals surface area contributed by atoms with Gasteiger partial charge in [0.15, 0.2) is 25.1 Å². The summed E-state index contributed by atoms with van der Waals surface area (Å²) in [7, 11) is 3.15. The molecule has 17 heavy (non-hydrogen) atoms. The van der Waals surface area contributed by atoms with Crippen LogP contribution in [0.4, 0.5) is 0 Å². The molecule has 1 heterocycles. The van der Waals surface area contributed by atoms with Crippen molar-refractivity contribution < 1.29 is 23.7 Å². The number of rotatable bonds is 7. The quantitative estimate of drug-likeness (QED) is 0.536. The molecule has 1 fully saturated rings. The fourth-order valence-corrected chi connectivity index (χ4v) is 1.52. The van der Waals surface area contributed by atoms with Crippen LogP contribution in [-0.4, -0.2) is 34.4 Å². The summed E-state index contributed by atoms with van der Waals surface area (Å²) in [6.07, 6.45) is 0.105. The molecule has 1 saturated heterocycles. The molecule has 5 nitrogen and oxygen atoms in total. The third-order valence-electron chi connectivity index (χ3n) is 2.34. The summed E-state index contributed by atoms with van der Waals surface area (Å²) in [6.45, 7) is 1.07. The van der Waals surface area contributed by atoms with E-state index < -0.39 is 0 Å². The molecule has 0 aromatic heterocycles. The van der Waals surface area contributed by atoms with Crippen LogP contribution in [0.3, 0.4) is 0 Å². The van der Waals surface area contributed by atoms with Crippen molar-refractivity contribution >= 4 is 0 Å². The van der Waals surface area contributed by atoms with Crippen molar-refractivity contribution in [1.29, 1.82) is 0 Å². The Balaban J connectivity index is 2.19. The third kappa shape index (κ3) is 3.09. The summed E-state index contributed by atoms with van der Waals surface area (Å²) in [4.78, 5) is 0. The lowest BCUT2D eigenvalue weighted by atomic mass is 10.1.